The second-order valence-electron chi connectivity index (χ2n) is 3.43. The summed E-state index contributed by atoms with van der Waals surface area (Å²) < 4.78 is 0. The Labute approximate surface area is 86.0 Å². The maximum absolute atomic E-state index is 4.47. The minimum absolute atomic E-state index is 0.903. The summed E-state index contributed by atoms with van der Waals surface area (Å²) in [7, 11) is 0. The highest BCUT2D eigenvalue weighted by Gasteiger charge is 1.97. The summed E-state index contributed by atoms with van der Waals surface area (Å²) in [6, 6.07) is 0. The van der Waals surface area contributed by atoms with Gasteiger partial charge >= 0.3 is 0 Å². The molecule has 1 aromatic heterocycles. The van der Waals surface area contributed by atoms with Crippen molar-refractivity contribution >= 4 is 5.82 Å². The molecule has 0 aromatic carbocycles. The van der Waals surface area contributed by atoms with Gasteiger partial charge in [-0.3, -0.25) is 4.98 Å². The molecule has 0 saturated carbocycles. The van der Waals surface area contributed by atoms with Gasteiger partial charge < -0.3 is 5.32 Å². The van der Waals surface area contributed by atoms with Crippen molar-refractivity contribution in [3.05, 3.63) is 18.1 Å². The number of nitrogens with one attached hydrogen (secondary N) is 1. The molecular formula is C11H19N3. The largest absolute Gasteiger partial charge is 0.369 e. The average Bonchev–Trinajstić information content (AvgIpc) is 2.24. The Morgan fingerprint density at radius 2 is 2.07 bits per heavy atom. The van der Waals surface area contributed by atoms with E-state index in [2.05, 4.69) is 29.1 Å². The maximum Gasteiger partial charge on any atom is 0.144 e. The fourth-order valence-corrected chi connectivity index (χ4v) is 1.22. The van der Waals surface area contributed by atoms with Crippen molar-refractivity contribution in [3.63, 3.8) is 0 Å². The van der Waals surface area contributed by atoms with Crippen molar-refractivity contribution in [2.45, 2.75) is 39.5 Å². The molecule has 1 N–H and O–H groups in total. The minimum atomic E-state index is 0.903. The molecule has 1 aromatic rings. The predicted octanol–water partition coefficient (Wildman–Crippen LogP) is 2.64. The average molecular weight is 193 g/mol. The third-order valence-corrected chi connectivity index (χ3v) is 2.03. The molecule has 3 nitrogen and oxygen atoms in total. The van der Waals surface area contributed by atoms with Crippen LogP contribution in [0.2, 0.25) is 0 Å². The molecule has 1 rings (SSSR count). The summed E-state index contributed by atoms with van der Waals surface area (Å²) in [4.78, 5) is 8.64. The van der Waals surface area contributed by atoms with Gasteiger partial charge in [-0.25, -0.2) is 4.98 Å². The van der Waals surface area contributed by atoms with E-state index in [1.165, 1.54) is 12.8 Å². The van der Waals surface area contributed by atoms with E-state index in [-0.39, 0.29) is 0 Å². The van der Waals surface area contributed by atoms with Crippen LogP contribution < -0.4 is 5.32 Å². The first-order valence-corrected chi connectivity index (χ1v) is 5.41. The van der Waals surface area contributed by atoms with Gasteiger partial charge in [-0.15, -0.1) is 0 Å². The Bertz CT molecular complexity index is 237. The minimum Gasteiger partial charge on any atom is -0.369 e. The van der Waals surface area contributed by atoms with Crippen molar-refractivity contribution in [2.75, 3.05) is 11.9 Å². The summed E-state index contributed by atoms with van der Waals surface area (Å²) in [5.41, 5.74) is 1.09. The first-order valence-electron chi connectivity index (χ1n) is 5.41. The van der Waals surface area contributed by atoms with Gasteiger partial charge in [0, 0.05) is 12.7 Å². The molecule has 0 atom stereocenters. The third kappa shape index (κ3) is 3.73. The lowest BCUT2D eigenvalue weighted by Gasteiger charge is -2.04. The Kier molecular flexibility index (Phi) is 4.97. The molecule has 0 amide bonds. The standard InChI is InChI=1S/C11H19N3/c1-3-5-6-10-8-12-9-11(14-10)13-7-4-2/h8-9H,3-7H2,1-2H3,(H,13,14). The van der Waals surface area contributed by atoms with E-state index >= 15 is 0 Å². The molecule has 0 fully saturated rings. The normalized spacial score (nSPS) is 10.1. The highest BCUT2D eigenvalue weighted by Crippen LogP contribution is 2.05. The summed E-state index contributed by atoms with van der Waals surface area (Å²) in [5.74, 6) is 0.903. The Hall–Kier alpha value is -1.12. The molecule has 0 aliphatic heterocycles. The van der Waals surface area contributed by atoms with Crippen LogP contribution in [0.5, 0.6) is 0 Å². The summed E-state index contributed by atoms with van der Waals surface area (Å²) in [5, 5.41) is 3.24. The van der Waals surface area contributed by atoms with Crippen LogP contribution in [-0.2, 0) is 6.42 Å². The molecule has 78 valence electrons. The molecule has 0 spiro atoms. The fraction of sp³-hybridized carbons (Fsp3) is 0.636. The number of aromatic nitrogens is 2. The Balaban J connectivity index is 2.50. The smallest absolute Gasteiger partial charge is 0.144 e. The van der Waals surface area contributed by atoms with Gasteiger partial charge in [0.2, 0.25) is 0 Å². The molecule has 0 radical (unpaired) electrons. The summed E-state index contributed by atoms with van der Waals surface area (Å²) >= 11 is 0. The monoisotopic (exact) mass is 193 g/mol. The molecule has 0 aliphatic carbocycles. The lowest BCUT2D eigenvalue weighted by molar-refractivity contribution is 0.772. The summed E-state index contributed by atoms with van der Waals surface area (Å²) in [6.07, 6.45) is 8.17. The van der Waals surface area contributed by atoms with Crippen LogP contribution in [0, 0.1) is 0 Å². The second kappa shape index (κ2) is 6.35. The predicted molar refractivity (Wildman–Crippen MR) is 59.4 cm³/mol. The van der Waals surface area contributed by atoms with Gasteiger partial charge in [0.15, 0.2) is 0 Å². The molecule has 0 aliphatic rings. The molecule has 1 heterocycles. The number of hydrogen-bond donors (Lipinski definition) is 1. The van der Waals surface area contributed by atoms with E-state index in [9.17, 15) is 0 Å². The zero-order chi connectivity index (χ0) is 10.2. The molecule has 0 unspecified atom stereocenters. The van der Waals surface area contributed by atoms with Crippen LogP contribution in [0.4, 0.5) is 5.82 Å². The zero-order valence-electron chi connectivity index (χ0n) is 9.08. The van der Waals surface area contributed by atoms with Crippen LogP contribution in [-0.4, -0.2) is 16.5 Å². The number of hydrogen-bond acceptors (Lipinski definition) is 3. The first-order chi connectivity index (χ1) is 6.86. The fourth-order valence-electron chi connectivity index (χ4n) is 1.22. The van der Waals surface area contributed by atoms with Crippen LogP contribution in [0.15, 0.2) is 12.4 Å². The lowest BCUT2D eigenvalue weighted by atomic mass is 10.2. The van der Waals surface area contributed by atoms with Gasteiger partial charge in [-0.1, -0.05) is 20.3 Å². The van der Waals surface area contributed by atoms with Gasteiger partial charge in [0.25, 0.3) is 0 Å². The molecule has 0 saturated heterocycles. The maximum atomic E-state index is 4.47. The van der Waals surface area contributed by atoms with Crippen LogP contribution >= 0.6 is 0 Å². The number of aryl methyl sites for hydroxylation is 1. The highest BCUT2D eigenvalue weighted by molar-refractivity contribution is 5.31. The number of nitrogens with zero attached hydrogens (tertiary/aromatic N) is 2. The van der Waals surface area contributed by atoms with Gasteiger partial charge in [0.1, 0.15) is 5.82 Å². The topological polar surface area (TPSA) is 37.8 Å². The highest BCUT2D eigenvalue weighted by atomic mass is 15.0. The lowest BCUT2D eigenvalue weighted by Crippen LogP contribution is -2.04. The molecule has 0 bridgehead atoms. The van der Waals surface area contributed by atoms with Crippen molar-refractivity contribution in [1.82, 2.24) is 9.97 Å². The zero-order valence-corrected chi connectivity index (χ0v) is 9.08. The van der Waals surface area contributed by atoms with Gasteiger partial charge in [-0.2, -0.15) is 0 Å². The molecule has 3 heteroatoms. The third-order valence-electron chi connectivity index (χ3n) is 2.03. The Morgan fingerprint density at radius 1 is 1.21 bits per heavy atom. The van der Waals surface area contributed by atoms with Crippen LogP contribution in [0.25, 0.3) is 0 Å². The molecular weight excluding hydrogens is 174 g/mol. The van der Waals surface area contributed by atoms with Crippen molar-refractivity contribution in [2.24, 2.45) is 0 Å². The van der Waals surface area contributed by atoms with Crippen molar-refractivity contribution in [3.8, 4) is 0 Å². The number of rotatable bonds is 6. The second-order valence-corrected chi connectivity index (χ2v) is 3.43. The van der Waals surface area contributed by atoms with E-state index in [0.717, 1.165) is 30.9 Å². The van der Waals surface area contributed by atoms with E-state index in [0.29, 0.717) is 0 Å². The van der Waals surface area contributed by atoms with Crippen molar-refractivity contribution < 1.29 is 0 Å². The van der Waals surface area contributed by atoms with Crippen LogP contribution in [0.1, 0.15) is 38.8 Å². The Morgan fingerprint density at radius 3 is 2.79 bits per heavy atom. The van der Waals surface area contributed by atoms with Crippen LogP contribution in [0.3, 0.4) is 0 Å². The SMILES string of the molecule is CCCCc1cncc(NCCC)n1. The molecule has 14 heavy (non-hydrogen) atoms. The van der Waals surface area contributed by atoms with E-state index in [4.69, 9.17) is 0 Å². The van der Waals surface area contributed by atoms with Crippen molar-refractivity contribution in [1.29, 1.82) is 0 Å². The van der Waals surface area contributed by atoms with E-state index in [1.807, 2.05) is 6.20 Å². The van der Waals surface area contributed by atoms with Gasteiger partial charge in [0.05, 0.1) is 11.9 Å². The quantitative estimate of drug-likeness (QED) is 0.754. The van der Waals surface area contributed by atoms with E-state index < -0.39 is 0 Å². The van der Waals surface area contributed by atoms with Gasteiger partial charge in [-0.05, 0) is 19.3 Å². The summed E-state index contributed by atoms with van der Waals surface area (Å²) in [6.45, 7) is 5.29. The first kappa shape index (κ1) is 11.0. The van der Waals surface area contributed by atoms with E-state index in [1.54, 1.807) is 6.20 Å². The number of anilines is 1. The number of unbranched alkanes of at least 4 members (excludes halogenated alkanes) is 1.